The maximum absolute atomic E-state index is 13.3. The molecule has 0 aliphatic heterocycles. The Morgan fingerprint density at radius 3 is 2.24 bits per heavy atom. The van der Waals surface area contributed by atoms with Crippen molar-refractivity contribution in [1.29, 1.82) is 0 Å². The zero-order chi connectivity index (χ0) is 23.7. The molecule has 0 heterocycles. The maximum atomic E-state index is 13.3. The summed E-state index contributed by atoms with van der Waals surface area (Å²) in [5.74, 6) is 3.34. The van der Waals surface area contributed by atoms with Gasteiger partial charge in [-0.15, -0.1) is 0 Å². The van der Waals surface area contributed by atoms with Crippen LogP contribution in [0.5, 0.6) is 11.5 Å². The van der Waals surface area contributed by atoms with Crippen LogP contribution in [-0.4, -0.2) is 25.4 Å². The molecule has 4 bridgehead atoms. The molecule has 5 nitrogen and oxygen atoms in total. The van der Waals surface area contributed by atoms with Crippen LogP contribution in [0.1, 0.15) is 49.7 Å². The first-order valence-electron chi connectivity index (χ1n) is 12.3. The first-order valence-corrected chi connectivity index (χ1v) is 12.3. The van der Waals surface area contributed by atoms with Crippen molar-refractivity contribution in [3.63, 3.8) is 0 Å². The fourth-order valence-corrected chi connectivity index (χ4v) is 6.65. The largest absolute Gasteiger partial charge is 0.493 e. The van der Waals surface area contributed by atoms with Crippen LogP contribution in [0.25, 0.3) is 6.08 Å². The highest BCUT2D eigenvalue weighted by Gasteiger charge is 2.53. The van der Waals surface area contributed by atoms with Crippen LogP contribution in [0.2, 0.25) is 0 Å². The second kappa shape index (κ2) is 9.28. The summed E-state index contributed by atoms with van der Waals surface area (Å²) in [5.41, 5.74) is 2.62. The van der Waals surface area contributed by atoms with Gasteiger partial charge in [-0.2, -0.15) is 0 Å². The van der Waals surface area contributed by atoms with E-state index in [4.69, 9.17) is 9.47 Å². The Balaban J connectivity index is 1.20. The molecule has 6 rings (SSSR count). The number of hydrogen-bond donors (Lipinski definition) is 1. The molecule has 0 spiro atoms. The molecular weight excluding hydrogens is 426 g/mol. The molecule has 34 heavy (non-hydrogen) atoms. The lowest BCUT2D eigenvalue weighted by atomic mass is 9.48. The minimum Gasteiger partial charge on any atom is -0.493 e. The predicted octanol–water partition coefficient (Wildman–Crippen LogP) is 5.82. The zero-order valence-electron chi connectivity index (χ0n) is 20.0. The van der Waals surface area contributed by atoms with Crippen molar-refractivity contribution in [2.24, 2.45) is 23.2 Å². The second-order valence-corrected chi connectivity index (χ2v) is 10.5. The standard InChI is InChI=1S/C29H33NO4/c1-19-3-7-24(8-4-19)30-28(32)18-34-25-9-5-20(14-26(25)33-2)6-10-27(31)29-15-21-11-22(16-29)13-23(12-21)17-29/h3-10,14,21-23H,11-13,15-18H2,1-2H3,(H,30,32)/b10-6+. The van der Waals surface area contributed by atoms with Gasteiger partial charge in [0.15, 0.2) is 23.9 Å². The predicted molar refractivity (Wildman–Crippen MR) is 133 cm³/mol. The van der Waals surface area contributed by atoms with Gasteiger partial charge in [-0.1, -0.05) is 29.8 Å². The van der Waals surface area contributed by atoms with Crippen molar-refractivity contribution in [3.05, 3.63) is 59.7 Å². The number of hydrogen-bond acceptors (Lipinski definition) is 4. The average Bonchev–Trinajstić information content (AvgIpc) is 2.82. The lowest BCUT2D eigenvalue weighted by molar-refractivity contribution is -0.138. The van der Waals surface area contributed by atoms with E-state index in [1.807, 2.05) is 49.4 Å². The van der Waals surface area contributed by atoms with Crippen LogP contribution in [-0.2, 0) is 9.59 Å². The molecule has 4 aliphatic rings. The maximum Gasteiger partial charge on any atom is 0.262 e. The molecule has 178 valence electrons. The quantitative estimate of drug-likeness (QED) is 0.505. The molecule has 4 fully saturated rings. The van der Waals surface area contributed by atoms with Gasteiger partial charge in [-0.25, -0.2) is 0 Å². The van der Waals surface area contributed by atoms with Gasteiger partial charge >= 0.3 is 0 Å². The number of amides is 1. The SMILES string of the molecule is COc1cc(/C=C/C(=O)C23CC4CC(CC(C4)C2)C3)ccc1OCC(=O)Nc1ccc(C)cc1. The van der Waals surface area contributed by atoms with Crippen LogP contribution in [0.15, 0.2) is 48.5 Å². The molecule has 4 aliphatic carbocycles. The van der Waals surface area contributed by atoms with Crippen molar-refractivity contribution in [3.8, 4) is 11.5 Å². The number of benzene rings is 2. The summed E-state index contributed by atoms with van der Waals surface area (Å²) in [6.07, 6.45) is 10.9. The third-order valence-electron chi connectivity index (χ3n) is 7.87. The lowest BCUT2D eigenvalue weighted by Crippen LogP contribution is -2.49. The van der Waals surface area contributed by atoms with Crippen LogP contribution in [0.4, 0.5) is 5.69 Å². The Labute approximate surface area is 201 Å². The molecule has 1 amide bonds. The number of rotatable bonds is 8. The van der Waals surface area contributed by atoms with E-state index in [-0.39, 0.29) is 17.9 Å². The van der Waals surface area contributed by atoms with Crippen molar-refractivity contribution < 1.29 is 19.1 Å². The van der Waals surface area contributed by atoms with E-state index in [9.17, 15) is 9.59 Å². The van der Waals surface area contributed by atoms with Crippen molar-refractivity contribution >= 4 is 23.5 Å². The van der Waals surface area contributed by atoms with Gasteiger partial charge in [0.25, 0.3) is 5.91 Å². The zero-order valence-corrected chi connectivity index (χ0v) is 20.0. The number of ether oxygens (including phenoxy) is 2. The first kappa shape index (κ1) is 22.7. The van der Waals surface area contributed by atoms with Gasteiger partial charge in [0.2, 0.25) is 0 Å². The molecule has 5 heteroatoms. The third-order valence-corrected chi connectivity index (χ3v) is 7.87. The van der Waals surface area contributed by atoms with Gasteiger partial charge in [-0.05, 0) is 99.1 Å². The molecule has 4 saturated carbocycles. The van der Waals surface area contributed by atoms with Gasteiger partial charge in [0.05, 0.1) is 7.11 Å². The number of methoxy groups -OCH3 is 1. The minimum absolute atomic E-state index is 0.121. The van der Waals surface area contributed by atoms with Crippen molar-refractivity contribution in [1.82, 2.24) is 0 Å². The Morgan fingerprint density at radius 1 is 0.971 bits per heavy atom. The minimum atomic E-state index is -0.240. The van der Waals surface area contributed by atoms with E-state index in [2.05, 4.69) is 5.32 Å². The second-order valence-electron chi connectivity index (χ2n) is 10.5. The number of carbonyl (C=O) groups excluding carboxylic acids is 2. The van der Waals surface area contributed by atoms with Crippen LogP contribution in [0, 0.1) is 30.1 Å². The summed E-state index contributed by atoms with van der Waals surface area (Å²) >= 11 is 0. The van der Waals surface area contributed by atoms with E-state index in [1.165, 1.54) is 19.3 Å². The van der Waals surface area contributed by atoms with Crippen molar-refractivity contribution in [2.45, 2.75) is 45.4 Å². The molecule has 0 radical (unpaired) electrons. The first-order chi connectivity index (χ1) is 16.4. The average molecular weight is 460 g/mol. The molecule has 0 atom stereocenters. The van der Waals surface area contributed by atoms with E-state index >= 15 is 0 Å². The molecule has 0 aromatic heterocycles. The molecule has 2 aromatic rings. The summed E-state index contributed by atoms with van der Waals surface area (Å²) in [4.78, 5) is 25.5. The van der Waals surface area contributed by atoms with Crippen LogP contribution in [0.3, 0.4) is 0 Å². The summed E-state index contributed by atoms with van der Waals surface area (Å²) in [5, 5.41) is 2.82. The number of allylic oxidation sites excluding steroid dienone is 1. The van der Waals surface area contributed by atoms with E-state index < -0.39 is 0 Å². The number of aryl methyl sites for hydroxylation is 1. The molecule has 1 N–H and O–H groups in total. The normalized spacial score (nSPS) is 27.1. The lowest BCUT2D eigenvalue weighted by Gasteiger charge is -2.55. The fourth-order valence-electron chi connectivity index (χ4n) is 6.65. The van der Waals surface area contributed by atoms with Gasteiger partial charge in [0, 0.05) is 11.1 Å². The third kappa shape index (κ3) is 4.75. The van der Waals surface area contributed by atoms with Crippen LogP contribution < -0.4 is 14.8 Å². The van der Waals surface area contributed by atoms with Crippen LogP contribution >= 0.6 is 0 Å². The highest BCUT2D eigenvalue weighted by molar-refractivity contribution is 5.98. The van der Waals surface area contributed by atoms with E-state index in [0.29, 0.717) is 17.3 Å². The number of ketones is 1. The summed E-state index contributed by atoms with van der Waals surface area (Å²) in [7, 11) is 1.57. The van der Waals surface area contributed by atoms with Gasteiger partial charge in [-0.3, -0.25) is 9.59 Å². The Hall–Kier alpha value is -3.08. The summed E-state index contributed by atoms with van der Waals surface area (Å²) < 4.78 is 11.2. The fraction of sp³-hybridized carbons (Fsp3) is 0.448. The van der Waals surface area contributed by atoms with Crippen molar-refractivity contribution in [2.75, 3.05) is 19.0 Å². The summed E-state index contributed by atoms with van der Waals surface area (Å²) in [6.45, 7) is 1.88. The highest BCUT2D eigenvalue weighted by atomic mass is 16.5. The van der Waals surface area contributed by atoms with Gasteiger partial charge < -0.3 is 14.8 Å². The van der Waals surface area contributed by atoms with E-state index in [0.717, 1.165) is 53.8 Å². The molecule has 0 unspecified atom stereocenters. The summed E-state index contributed by atoms with van der Waals surface area (Å²) in [6, 6.07) is 13.1. The smallest absolute Gasteiger partial charge is 0.262 e. The topological polar surface area (TPSA) is 64.6 Å². The monoisotopic (exact) mass is 459 g/mol. The number of carbonyl (C=O) groups is 2. The molecular formula is C29H33NO4. The molecule has 0 saturated heterocycles. The molecule has 2 aromatic carbocycles. The Kier molecular flexibility index (Phi) is 6.20. The number of nitrogens with one attached hydrogen (secondary N) is 1. The van der Waals surface area contributed by atoms with Gasteiger partial charge in [0.1, 0.15) is 0 Å². The Morgan fingerprint density at radius 2 is 1.62 bits per heavy atom. The highest BCUT2D eigenvalue weighted by Crippen LogP contribution is 2.60. The van der Waals surface area contributed by atoms with E-state index in [1.54, 1.807) is 19.3 Å². The number of anilines is 1. The Bertz CT molecular complexity index is 1070.